The first kappa shape index (κ1) is 16.2. The van der Waals surface area contributed by atoms with Crippen molar-refractivity contribution in [3.8, 4) is 29.1 Å². The van der Waals surface area contributed by atoms with Crippen LogP contribution in [0.1, 0.15) is 11.1 Å². The monoisotopic (exact) mass is 312 g/mol. The van der Waals surface area contributed by atoms with E-state index in [-0.39, 0.29) is 47.1 Å². The molecule has 0 spiro atoms. The summed E-state index contributed by atoms with van der Waals surface area (Å²) in [6.07, 6.45) is 0. The first-order chi connectivity index (χ1) is 11.2. The van der Waals surface area contributed by atoms with Crippen LogP contribution >= 0.6 is 0 Å². The Morgan fingerprint density at radius 1 is 1.26 bits per heavy atom. The van der Waals surface area contributed by atoms with Crippen LogP contribution in [-0.4, -0.2) is 30.4 Å². The number of nitriles is 2. The van der Waals surface area contributed by atoms with Crippen LogP contribution in [0.5, 0.6) is 5.88 Å². The van der Waals surface area contributed by atoms with E-state index in [0.29, 0.717) is 0 Å². The minimum atomic E-state index is -0.568. The van der Waals surface area contributed by atoms with Gasteiger partial charge < -0.3 is 15.2 Å². The van der Waals surface area contributed by atoms with Crippen molar-refractivity contribution in [3.63, 3.8) is 0 Å². The second-order valence-electron chi connectivity index (χ2n) is 4.45. The molecule has 0 saturated heterocycles. The largest absolute Gasteiger partial charge is 0.480 e. The summed E-state index contributed by atoms with van der Waals surface area (Å²) in [4.78, 5) is 4.07. The number of aliphatic hydroxyl groups is 1. The Hall–Kier alpha value is -3.16. The quantitative estimate of drug-likeness (QED) is 0.876. The van der Waals surface area contributed by atoms with E-state index in [1.165, 1.54) is 25.3 Å². The van der Waals surface area contributed by atoms with Crippen molar-refractivity contribution in [2.75, 3.05) is 25.6 Å². The smallest absolute Gasteiger partial charge is 0.234 e. The molecule has 0 unspecified atom stereocenters. The lowest BCUT2D eigenvalue weighted by atomic mass is 9.96. The molecule has 0 aliphatic heterocycles. The highest BCUT2D eigenvalue weighted by Crippen LogP contribution is 2.36. The molecule has 1 heterocycles. The topological polar surface area (TPSA) is 102 Å². The van der Waals surface area contributed by atoms with Gasteiger partial charge in [0.2, 0.25) is 5.88 Å². The number of nitrogens with zero attached hydrogens (tertiary/aromatic N) is 3. The molecule has 116 valence electrons. The van der Waals surface area contributed by atoms with Crippen LogP contribution in [0.25, 0.3) is 11.1 Å². The molecule has 1 aromatic heterocycles. The van der Waals surface area contributed by atoms with Crippen molar-refractivity contribution in [1.29, 1.82) is 10.5 Å². The molecule has 2 N–H and O–H groups in total. The highest BCUT2D eigenvalue weighted by atomic mass is 19.1. The number of ether oxygens (including phenoxy) is 1. The first-order valence-electron chi connectivity index (χ1n) is 6.69. The Kier molecular flexibility index (Phi) is 5.08. The Bertz CT molecular complexity index is 809. The van der Waals surface area contributed by atoms with Gasteiger partial charge in [0, 0.05) is 17.7 Å². The molecule has 0 saturated carbocycles. The first-order valence-corrected chi connectivity index (χ1v) is 6.69. The number of pyridine rings is 1. The third-order valence-electron chi connectivity index (χ3n) is 3.13. The number of benzene rings is 1. The van der Waals surface area contributed by atoms with E-state index < -0.39 is 5.82 Å². The van der Waals surface area contributed by atoms with Crippen LogP contribution in [0.2, 0.25) is 0 Å². The molecule has 2 aromatic rings. The second kappa shape index (κ2) is 7.21. The number of nitrogens with one attached hydrogen (secondary N) is 1. The predicted molar refractivity (Wildman–Crippen MR) is 81.2 cm³/mol. The number of anilines is 1. The molecule has 0 atom stereocenters. The van der Waals surface area contributed by atoms with Crippen molar-refractivity contribution in [3.05, 3.63) is 41.2 Å². The van der Waals surface area contributed by atoms with E-state index >= 15 is 0 Å². The van der Waals surface area contributed by atoms with Crippen LogP contribution < -0.4 is 10.1 Å². The van der Waals surface area contributed by atoms with E-state index in [2.05, 4.69) is 10.3 Å². The third kappa shape index (κ3) is 3.05. The van der Waals surface area contributed by atoms with Gasteiger partial charge in [-0.05, 0) is 6.07 Å². The summed E-state index contributed by atoms with van der Waals surface area (Å²) in [6.45, 7) is -0.0304. The van der Waals surface area contributed by atoms with Crippen LogP contribution in [0.15, 0.2) is 24.3 Å². The van der Waals surface area contributed by atoms with Gasteiger partial charge in [0.15, 0.2) is 0 Å². The molecule has 0 bridgehead atoms. The number of hydrogen-bond donors (Lipinski definition) is 2. The van der Waals surface area contributed by atoms with E-state index in [1.807, 2.05) is 12.1 Å². The van der Waals surface area contributed by atoms with Gasteiger partial charge in [-0.15, -0.1) is 0 Å². The number of rotatable bonds is 5. The standard InChI is InChI=1S/C16H13FN4O2/c1-23-16-12(9-19)14(10-4-2-3-5-13(10)17)11(8-18)15(21-16)20-6-7-22/h2-5,22H,6-7H2,1H3,(H,20,21). The molecule has 1 aromatic carbocycles. The van der Waals surface area contributed by atoms with Crippen molar-refractivity contribution < 1.29 is 14.2 Å². The predicted octanol–water partition coefficient (Wildman–Crippen LogP) is 2.04. The van der Waals surface area contributed by atoms with Gasteiger partial charge in [0.1, 0.15) is 34.9 Å². The van der Waals surface area contributed by atoms with Gasteiger partial charge in [0.25, 0.3) is 0 Å². The number of aromatic nitrogens is 1. The maximum Gasteiger partial charge on any atom is 0.234 e. The Morgan fingerprint density at radius 2 is 1.96 bits per heavy atom. The fourth-order valence-electron chi connectivity index (χ4n) is 2.16. The molecule has 0 amide bonds. The summed E-state index contributed by atoms with van der Waals surface area (Å²) in [7, 11) is 1.33. The summed E-state index contributed by atoms with van der Waals surface area (Å²) in [5, 5.41) is 30.6. The third-order valence-corrected chi connectivity index (χ3v) is 3.13. The fraction of sp³-hybridized carbons (Fsp3) is 0.188. The highest BCUT2D eigenvalue weighted by molar-refractivity contribution is 5.83. The fourth-order valence-corrected chi connectivity index (χ4v) is 2.16. The van der Waals surface area contributed by atoms with Crippen LogP contribution in [0.4, 0.5) is 10.2 Å². The van der Waals surface area contributed by atoms with Crippen LogP contribution in [0.3, 0.4) is 0 Å². The molecule has 0 radical (unpaired) electrons. The summed E-state index contributed by atoms with van der Waals surface area (Å²) in [5.74, 6) is -0.470. The van der Waals surface area contributed by atoms with E-state index in [1.54, 1.807) is 6.07 Å². The van der Waals surface area contributed by atoms with Crippen molar-refractivity contribution in [2.45, 2.75) is 0 Å². The minimum absolute atomic E-state index is 0.0147. The second-order valence-corrected chi connectivity index (χ2v) is 4.45. The zero-order valence-corrected chi connectivity index (χ0v) is 12.3. The van der Waals surface area contributed by atoms with Gasteiger partial charge in [-0.2, -0.15) is 15.5 Å². The van der Waals surface area contributed by atoms with Crippen molar-refractivity contribution in [1.82, 2.24) is 4.98 Å². The van der Waals surface area contributed by atoms with Gasteiger partial charge >= 0.3 is 0 Å². The van der Waals surface area contributed by atoms with Crippen LogP contribution in [0, 0.1) is 28.5 Å². The lowest BCUT2D eigenvalue weighted by Crippen LogP contribution is -2.11. The molecule has 23 heavy (non-hydrogen) atoms. The maximum atomic E-state index is 14.2. The SMILES string of the molecule is COc1nc(NCCO)c(C#N)c(-c2ccccc2F)c1C#N. The van der Waals surface area contributed by atoms with Crippen LogP contribution in [-0.2, 0) is 0 Å². The molecule has 6 nitrogen and oxygen atoms in total. The van der Waals surface area contributed by atoms with Gasteiger partial charge in [-0.1, -0.05) is 18.2 Å². The molecule has 0 aliphatic rings. The maximum absolute atomic E-state index is 14.2. The van der Waals surface area contributed by atoms with E-state index in [4.69, 9.17) is 9.84 Å². The molecule has 2 rings (SSSR count). The zero-order chi connectivity index (χ0) is 16.8. The van der Waals surface area contributed by atoms with Crippen molar-refractivity contribution in [2.24, 2.45) is 0 Å². The molecular formula is C16H13FN4O2. The summed E-state index contributed by atoms with van der Waals surface area (Å²) >= 11 is 0. The lowest BCUT2D eigenvalue weighted by Gasteiger charge is -2.15. The van der Waals surface area contributed by atoms with E-state index in [9.17, 15) is 14.9 Å². The molecule has 0 fully saturated rings. The Labute approximate surface area is 132 Å². The Morgan fingerprint density at radius 3 is 2.52 bits per heavy atom. The number of halogens is 1. The normalized spacial score (nSPS) is 9.78. The summed E-state index contributed by atoms with van der Waals surface area (Å²) in [6, 6.07) is 9.70. The lowest BCUT2D eigenvalue weighted by molar-refractivity contribution is 0.311. The van der Waals surface area contributed by atoms with Gasteiger partial charge in [-0.25, -0.2) is 4.39 Å². The van der Waals surface area contributed by atoms with Gasteiger partial charge in [0.05, 0.1) is 13.7 Å². The number of hydrogen-bond acceptors (Lipinski definition) is 6. The highest BCUT2D eigenvalue weighted by Gasteiger charge is 2.23. The number of methoxy groups -OCH3 is 1. The molecule has 7 heteroatoms. The average Bonchev–Trinajstić information content (AvgIpc) is 2.58. The Balaban J connectivity index is 2.84. The average molecular weight is 312 g/mol. The van der Waals surface area contributed by atoms with E-state index in [0.717, 1.165) is 0 Å². The minimum Gasteiger partial charge on any atom is -0.480 e. The number of aliphatic hydroxyl groups excluding tert-OH is 1. The zero-order valence-electron chi connectivity index (χ0n) is 12.3. The van der Waals surface area contributed by atoms with Gasteiger partial charge in [-0.3, -0.25) is 0 Å². The van der Waals surface area contributed by atoms with Crippen molar-refractivity contribution >= 4 is 5.82 Å². The molecule has 0 aliphatic carbocycles. The summed E-state index contributed by atoms with van der Waals surface area (Å²) < 4.78 is 19.3. The molecular weight excluding hydrogens is 299 g/mol. The summed E-state index contributed by atoms with van der Waals surface area (Å²) in [5.41, 5.74) is 0.207.